The lowest BCUT2D eigenvalue weighted by atomic mass is 10.1. The van der Waals surface area contributed by atoms with Crippen molar-refractivity contribution in [1.29, 1.82) is 5.26 Å². The number of amides is 1. The van der Waals surface area contributed by atoms with Crippen LogP contribution < -0.4 is 10.5 Å². The van der Waals surface area contributed by atoms with Gasteiger partial charge in [0, 0.05) is 22.8 Å². The number of hydrogen-bond donors (Lipinski definition) is 2. The first-order valence-electron chi connectivity index (χ1n) is 9.42. The second kappa shape index (κ2) is 8.60. The Hall–Kier alpha value is -3.67. The summed E-state index contributed by atoms with van der Waals surface area (Å²) >= 11 is 0. The fourth-order valence-corrected chi connectivity index (χ4v) is 3.77. The number of nitriles is 1. The van der Waals surface area contributed by atoms with Gasteiger partial charge in [0.2, 0.25) is 10.0 Å². The largest absolute Gasteiger partial charge is 0.321 e. The summed E-state index contributed by atoms with van der Waals surface area (Å²) in [6, 6.07) is 17.3. The number of aromatic nitrogens is 1. The summed E-state index contributed by atoms with van der Waals surface area (Å²) in [6.45, 7) is 5.69. The van der Waals surface area contributed by atoms with Gasteiger partial charge in [-0.25, -0.2) is 13.6 Å². The predicted molar refractivity (Wildman–Crippen MR) is 120 cm³/mol. The standard InChI is InChI=1S/C23H22N4O3S/c1-15-4-6-20(7-5-15)26-23(28)19(14-24)13-18-12-16(2)27(17(18)3)21-8-10-22(11-9-21)31(25,29)30/h4-13H,1-3H3,(H,26,28)(H2,25,29,30)/b19-13-. The van der Waals surface area contributed by atoms with Gasteiger partial charge in [0.25, 0.3) is 5.91 Å². The number of benzene rings is 2. The van der Waals surface area contributed by atoms with Crippen molar-refractivity contribution in [1.82, 2.24) is 4.57 Å². The maximum Gasteiger partial charge on any atom is 0.266 e. The Morgan fingerprint density at radius 2 is 1.68 bits per heavy atom. The first-order chi connectivity index (χ1) is 14.6. The Morgan fingerprint density at radius 1 is 1.06 bits per heavy atom. The summed E-state index contributed by atoms with van der Waals surface area (Å²) < 4.78 is 24.9. The molecule has 0 aliphatic carbocycles. The maximum absolute atomic E-state index is 12.6. The Balaban J connectivity index is 1.92. The van der Waals surface area contributed by atoms with Gasteiger partial charge in [-0.05, 0) is 74.9 Å². The smallest absolute Gasteiger partial charge is 0.266 e. The van der Waals surface area contributed by atoms with Gasteiger partial charge in [-0.2, -0.15) is 5.26 Å². The maximum atomic E-state index is 12.6. The molecule has 0 unspecified atom stereocenters. The highest BCUT2D eigenvalue weighted by Crippen LogP contribution is 2.24. The molecule has 0 saturated heterocycles. The molecule has 3 aromatic rings. The molecule has 31 heavy (non-hydrogen) atoms. The molecule has 158 valence electrons. The fraction of sp³-hybridized carbons (Fsp3) is 0.130. The Kier molecular flexibility index (Phi) is 6.11. The summed E-state index contributed by atoms with van der Waals surface area (Å²) in [5.41, 5.74) is 4.77. The lowest BCUT2D eigenvalue weighted by Crippen LogP contribution is -2.13. The van der Waals surface area contributed by atoms with Gasteiger partial charge in [-0.3, -0.25) is 4.79 Å². The molecule has 0 atom stereocenters. The van der Waals surface area contributed by atoms with E-state index in [0.29, 0.717) is 11.3 Å². The quantitative estimate of drug-likeness (QED) is 0.471. The van der Waals surface area contributed by atoms with Crippen LogP contribution in [0.25, 0.3) is 11.8 Å². The molecule has 7 nitrogen and oxygen atoms in total. The Morgan fingerprint density at radius 3 is 2.23 bits per heavy atom. The molecule has 3 rings (SSSR count). The molecule has 0 aliphatic rings. The number of hydrogen-bond acceptors (Lipinski definition) is 4. The zero-order valence-electron chi connectivity index (χ0n) is 17.4. The molecule has 0 aliphatic heterocycles. The molecule has 0 saturated carbocycles. The van der Waals surface area contributed by atoms with Crippen LogP contribution >= 0.6 is 0 Å². The third kappa shape index (κ3) is 4.91. The van der Waals surface area contributed by atoms with E-state index < -0.39 is 15.9 Å². The van der Waals surface area contributed by atoms with Crippen LogP contribution in [0.15, 0.2) is 65.1 Å². The predicted octanol–water partition coefficient (Wildman–Crippen LogP) is 3.60. The number of anilines is 1. The number of rotatable bonds is 5. The summed E-state index contributed by atoms with van der Waals surface area (Å²) in [7, 11) is -3.77. The van der Waals surface area contributed by atoms with Gasteiger partial charge in [0.1, 0.15) is 11.6 Å². The second-order valence-corrected chi connectivity index (χ2v) is 8.75. The molecule has 0 radical (unpaired) electrons. The van der Waals surface area contributed by atoms with Gasteiger partial charge in [0.05, 0.1) is 4.90 Å². The highest BCUT2D eigenvalue weighted by molar-refractivity contribution is 7.89. The molecular formula is C23H22N4O3S. The average Bonchev–Trinajstić information content (AvgIpc) is 3.00. The minimum Gasteiger partial charge on any atom is -0.321 e. The Bertz CT molecular complexity index is 1310. The fourth-order valence-electron chi connectivity index (χ4n) is 3.26. The highest BCUT2D eigenvalue weighted by Gasteiger charge is 2.15. The normalized spacial score (nSPS) is 11.8. The van der Waals surface area contributed by atoms with Crippen LogP contribution in [0.3, 0.4) is 0 Å². The van der Waals surface area contributed by atoms with Crippen LogP contribution in [0.1, 0.15) is 22.5 Å². The second-order valence-electron chi connectivity index (χ2n) is 7.19. The van der Waals surface area contributed by atoms with Crippen molar-refractivity contribution in [2.45, 2.75) is 25.7 Å². The van der Waals surface area contributed by atoms with Crippen molar-refractivity contribution in [2.75, 3.05) is 5.32 Å². The number of nitrogens with two attached hydrogens (primary N) is 1. The molecule has 0 bridgehead atoms. The van der Waals surface area contributed by atoms with E-state index in [4.69, 9.17) is 5.14 Å². The first-order valence-corrected chi connectivity index (χ1v) is 11.0. The third-order valence-corrected chi connectivity index (χ3v) is 5.80. The van der Waals surface area contributed by atoms with Crippen molar-refractivity contribution < 1.29 is 13.2 Å². The molecule has 1 heterocycles. The highest BCUT2D eigenvalue weighted by atomic mass is 32.2. The molecule has 8 heteroatoms. The van der Waals surface area contributed by atoms with Crippen molar-refractivity contribution in [3.63, 3.8) is 0 Å². The molecule has 0 fully saturated rings. The third-order valence-electron chi connectivity index (χ3n) is 4.87. The van der Waals surface area contributed by atoms with E-state index in [2.05, 4.69) is 5.32 Å². The van der Waals surface area contributed by atoms with E-state index in [0.717, 1.165) is 22.6 Å². The summed E-state index contributed by atoms with van der Waals surface area (Å²) in [6.07, 6.45) is 1.54. The molecule has 2 aromatic carbocycles. The van der Waals surface area contributed by atoms with Crippen molar-refractivity contribution in [3.8, 4) is 11.8 Å². The lowest BCUT2D eigenvalue weighted by Gasteiger charge is -2.10. The van der Waals surface area contributed by atoms with E-state index in [9.17, 15) is 18.5 Å². The number of sulfonamides is 1. The number of nitrogens with one attached hydrogen (secondary N) is 1. The van der Waals surface area contributed by atoms with Gasteiger partial charge >= 0.3 is 0 Å². The number of primary sulfonamides is 1. The van der Waals surface area contributed by atoms with Crippen LogP contribution in [0, 0.1) is 32.1 Å². The number of carbonyl (C=O) groups excluding carboxylic acids is 1. The minimum atomic E-state index is -3.77. The topological polar surface area (TPSA) is 118 Å². The zero-order valence-corrected chi connectivity index (χ0v) is 18.2. The zero-order chi connectivity index (χ0) is 22.8. The van der Waals surface area contributed by atoms with E-state index >= 15 is 0 Å². The van der Waals surface area contributed by atoms with Crippen molar-refractivity contribution in [3.05, 3.63) is 82.7 Å². The van der Waals surface area contributed by atoms with E-state index in [1.807, 2.05) is 49.6 Å². The summed E-state index contributed by atoms with van der Waals surface area (Å²) in [5, 5.41) is 17.4. The van der Waals surface area contributed by atoms with Gasteiger partial charge in [0.15, 0.2) is 0 Å². The molecular weight excluding hydrogens is 412 g/mol. The number of aryl methyl sites for hydroxylation is 2. The van der Waals surface area contributed by atoms with Crippen molar-refractivity contribution >= 4 is 27.7 Å². The summed E-state index contributed by atoms with van der Waals surface area (Å²) in [4.78, 5) is 12.6. The van der Waals surface area contributed by atoms with Crippen LogP contribution in [-0.2, 0) is 14.8 Å². The average molecular weight is 435 g/mol. The SMILES string of the molecule is Cc1ccc(NC(=O)/C(C#N)=C\c2cc(C)n(-c3ccc(S(N)(=O)=O)cc3)c2C)cc1. The van der Waals surface area contributed by atoms with Crippen LogP contribution in [0.5, 0.6) is 0 Å². The van der Waals surface area contributed by atoms with Gasteiger partial charge in [-0.15, -0.1) is 0 Å². The molecule has 0 spiro atoms. The van der Waals surface area contributed by atoms with Crippen LogP contribution in [0.2, 0.25) is 0 Å². The van der Waals surface area contributed by atoms with E-state index in [-0.39, 0.29) is 10.5 Å². The molecule has 1 aromatic heterocycles. The van der Waals surface area contributed by atoms with Gasteiger partial charge < -0.3 is 9.88 Å². The van der Waals surface area contributed by atoms with Crippen LogP contribution in [0.4, 0.5) is 5.69 Å². The molecule has 1 amide bonds. The van der Waals surface area contributed by atoms with E-state index in [1.54, 1.807) is 30.3 Å². The van der Waals surface area contributed by atoms with E-state index in [1.165, 1.54) is 12.1 Å². The van der Waals surface area contributed by atoms with Crippen molar-refractivity contribution in [2.24, 2.45) is 5.14 Å². The number of nitrogens with zero attached hydrogens (tertiary/aromatic N) is 2. The minimum absolute atomic E-state index is 0.0228. The Labute approximate surface area is 181 Å². The van der Waals surface area contributed by atoms with Crippen LogP contribution in [-0.4, -0.2) is 18.9 Å². The summed E-state index contributed by atoms with van der Waals surface area (Å²) in [5.74, 6) is -0.492. The lowest BCUT2D eigenvalue weighted by molar-refractivity contribution is -0.112. The first kappa shape index (κ1) is 22.0. The monoisotopic (exact) mass is 434 g/mol. The van der Waals surface area contributed by atoms with Gasteiger partial charge in [-0.1, -0.05) is 17.7 Å². The molecule has 3 N–H and O–H groups in total. The number of carbonyl (C=O) groups is 1.